The van der Waals surface area contributed by atoms with E-state index in [0.717, 1.165) is 67.9 Å². The van der Waals surface area contributed by atoms with Crippen LogP contribution in [0.3, 0.4) is 0 Å². The zero-order valence-electron chi connectivity index (χ0n) is 15.8. The number of nitrogens with zero attached hydrogens (tertiary/aromatic N) is 2. The first kappa shape index (κ1) is 20.5. The summed E-state index contributed by atoms with van der Waals surface area (Å²) < 4.78 is 7.00. The van der Waals surface area contributed by atoms with Crippen molar-refractivity contribution in [3.8, 4) is 0 Å². The standard InChI is InChI=1S/C21H29ClN2O2/c1-3-4-13-20-23-15-18(11-6-5-7-14-21(25)26-2)24(20)16-17-10-8-9-12-19(17)22/h8-10,12,15H,3-7,11,13-14,16H2,1-2H3. The third kappa shape index (κ3) is 6.17. The predicted molar refractivity (Wildman–Crippen MR) is 106 cm³/mol. The van der Waals surface area contributed by atoms with Crippen LogP contribution >= 0.6 is 11.6 Å². The summed E-state index contributed by atoms with van der Waals surface area (Å²) in [5.41, 5.74) is 2.37. The van der Waals surface area contributed by atoms with Crippen LogP contribution in [0, 0.1) is 0 Å². The van der Waals surface area contributed by atoms with Crippen LogP contribution < -0.4 is 0 Å². The molecule has 142 valence electrons. The van der Waals surface area contributed by atoms with Gasteiger partial charge in [-0.1, -0.05) is 49.6 Å². The molecule has 0 aliphatic heterocycles. The molecule has 0 aliphatic carbocycles. The lowest BCUT2D eigenvalue weighted by Crippen LogP contribution is -2.09. The number of carbonyl (C=O) groups is 1. The van der Waals surface area contributed by atoms with Gasteiger partial charge in [0.1, 0.15) is 5.82 Å². The van der Waals surface area contributed by atoms with Crippen LogP contribution in [0.2, 0.25) is 5.02 Å². The minimum atomic E-state index is -0.129. The van der Waals surface area contributed by atoms with Gasteiger partial charge in [-0.25, -0.2) is 4.98 Å². The van der Waals surface area contributed by atoms with Crippen molar-refractivity contribution in [2.75, 3.05) is 7.11 Å². The van der Waals surface area contributed by atoms with Crippen LogP contribution in [-0.4, -0.2) is 22.6 Å². The third-order valence-electron chi connectivity index (χ3n) is 4.60. The Kier molecular flexibility index (Phi) is 8.69. The van der Waals surface area contributed by atoms with Crippen LogP contribution in [-0.2, 0) is 28.9 Å². The van der Waals surface area contributed by atoms with Crippen molar-refractivity contribution in [3.05, 3.63) is 52.6 Å². The van der Waals surface area contributed by atoms with Crippen LogP contribution in [0.25, 0.3) is 0 Å². The maximum absolute atomic E-state index is 11.2. The Hall–Kier alpha value is -1.81. The lowest BCUT2D eigenvalue weighted by atomic mass is 10.1. The highest BCUT2D eigenvalue weighted by Crippen LogP contribution is 2.20. The molecular formula is C21H29ClN2O2. The van der Waals surface area contributed by atoms with Crippen molar-refractivity contribution in [3.63, 3.8) is 0 Å². The number of hydrogen-bond acceptors (Lipinski definition) is 3. The molecule has 4 nitrogen and oxygen atoms in total. The molecule has 0 radical (unpaired) electrons. The fourth-order valence-electron chi connectivity index (χ4n) is 3.03. The Labute approximate surface area is 161 Å². The summed E-state index contributed by atoms with van der Waals surface area (Å²) in [5.74, 6) is 1.01. The molecule has 26 heavy (non-hydrogen) atoms. The lowest BCUT2D eigenvalue weighted by molar-refractivity contribution is -0.140. The van der Waals surface area contributed by atoms with Crippen molar-refractivity contribution in [1.82, 2.24) is 9.55 Å². The zero-order valence-corrected chi connectivity index (χ0v) is 16.6. The number of esters is 1. The molecule has 2 aromatic rings. The second-order valence-corrected chi connectivity index (χ2v) is 6.99. The fourth-order valence-corrected chi connectivity index (χ4v) is 3.23. The van der Waals surface area contributed by atoms with Gasteiger partial charge in [-0.05, 0) is 37.3 Å². The topological polar surface area (TPSA) is 44.1 Å². The average Bonchev–Trinajstić information content (AvgIpc) is 3.03. The van der Waals surface area contributed by atoms with Gasteiger partial charge < -0.3 is 9.30 Å². The summed E-state index contributed by atoms with van der Waals surface area (Å²) in [6.45, 7) is 2.96. The van der Waals surface area contributed by atoms with E-state index in [1.165, 1.54) is 12.8 Å². The Morgan fingerprint density at radius 2 is 1.96 bits per heavy atom. The smallest absolute Gasteiger partial charge is 0.305 e. The molecule has 0 N–H and O–H groups in total. The molecular weight excluding hydrogens is 348 g/mol. The van der Waals surface area contributed by atoms with Gasteiger partial charge in [0.15, 0.2) is 0 Å². The Bertz CT molecular complexity index is 697. The van der Waals surface area contributed by atoms with E-state index in [1.807, 2.05) is 24.4 Å². The van der Waals surface area contributed by atoms with Crippen molar-refractivity contribution in [2.45, 2.75) is 64.8 Å². The van der Waals surface area contributed by atoms with Gasteiger partial charge in [0.2, 0.25) is 0 Å². The van der Waals surface area contributed by atoms with Gasteiger partial charge >= 0.3 is 5.97 Å². The van der Waals surface area contributed by atoms with Crippen molar-refractivity contribution in [2.24, 2.45) is 0 Å². The Balaban J connectivity index is 2.02. The van der Waals surface area contributed by atoms with E-state index < -0.39 is 0 Å². The number of imidazole rings is 1. The quantitative estimate of drug-likeness (QED) is 0.399. The van der Waals surface area contributed by atoms with Gasteiger partial charge in [0, 0.05) is 29.8 Å². The van der Waals surface area contributed by atoms with Crippen LogP contribution in [0.1, 0.15) is 62.5 Å². The Morgan fingerprint density at radius 3 is 2.69 bits per heavy atom. The Morgan fingerprint density at radius 1 is 1.15 bits per heavy atom. The summed E-state index contributed by atoms with van der Waals surface area (Å²) in [7, 11) is 1.44. The lowest BCUT2D eigenvalue weighted by Gasteiger charge is -2.13. The van der Waals surface area contributed by atoms with Crippen LogP contribution in [0.15, 0.2) is 30.5 Å². The SMILES string of the molecule is CCCCc1ncc(CCCCCC(=O)OC)n1Cc1ccccc1Cl. The molecule has 0 bridgehead atoms. The molecule has 0 fully saturated rings. The number of ether oxygens (including phenoxy) is 1. The van der Waals surface area contributed by atoms with E-state index in [0.29, 0.717) is 6.42 Å². The second kappa shape index (κ2) is 11.0. The molecule has 1 heterocycles. The van der Waals surface area contributed by atoms with Gasteiger partial charge in [-0.15, -0.1) is 0 Å². The summed E-state index contributed by atoms with van der Waals surface area (Å²) in [5, 5.41) is 0.798. The van der Waals surface area contributed by atoms with Gasteiger partial charge in [-0.2, -0.15) is 0 Å². The van der Waals surface area contributed by atoms with E-state index in [1.54, 1.807) is 0 Å². The maximum Gasteiger partial charge on any atom is 0.305 e. The number of rotatable bonds is 11. The highest BCUT2D eigenvalue weighted by Gasteiger charge is 2.12. The molecule has 0 atom stereocenters. The molecule has 1 aromatic carbocycles. The first-order chi connectivity index (χ1) is 12.7. The van der Waals surface area contributed by atoms with Gasteiger partial charge in [0.25, 0.3) is 0 Å². The average molecular weight is 377 g/mol. The maximum atomic E-state index is 11.2. The monoisotopic (exact) mass is 376 g/mol. The summed E-state index contributed by atoms with van der Waals surface area (Å²) in [6, 6.07) is 7.99. The van der Waals surface area contributed by atoms with E-state index in [4.69, 9.17) is 11.6 Å². The number of halogens is 1. The number of carbonyl (C=O) groups excluding carboxylic acids is 1. The summed E-state index contributed by atoms with van der Waals surface area (Å²) in [4.78, 5) is 15.9. The third-order valence-corrected chi connectivity index (χ3v) is 4.97. The largest absolute Gasteiger partial charge is 0.469 e. The number of aryl methyl sites for hydroxylation is 2. The first-order valence-electron chi connectivity index (χ1n) is 9.49. The minimum Gasteiger partial charge on any atom is -0.469 e. The fraction of sp³-hybridized carbons (Fsp3) is 0.524. The molecule has 5 heteroatoms. The van der Waals surface area contributed by atoms with E-state index in [-0.39, 0.29) is 5.97 Å². The van der Waals surface area contributed by atoms with Crippen molar-refractivity contribution < 1.29 is 9.53 Å². The van der Waals surface area contributed by atoms with E-state index in [9.17, 15) is 4.79 Å². The molecule has 1 aromatic heterocycles. The molecule has 2 rings (SSSR count). The molecule has 0 unspecified atom stereocenters. The number of methoxy groups -OCH3 is 1. The van der Waals surface area contributed by atoms with Crippen LogP contribution in [0.4, 0.5) is 0 Å². The predicted octanol–water partition coefficient (Wildman–Crippen LogP) is 5.20. The second-order valence-electron chi connectivity index (χ2n) is 6.58. The first-order valence-corrected chi connectivity index (χ1v) is 9.87. The highest BCUT2D eigenvalue weighted by atomic mass is 35.5. The van der Waals surface area contributed by atoms with Crippen molar-refractivity contribution >= 4 is 17.6 Å². The molecule has 0 amide bonds. The van der Waals surface area contributed by atoms with Gasteiger partial charge in [0.05, 0.1) is 13.7 Å². The van der Waals surface area contributed by atoms with Crippen molar-refractivity contribution in [1.29, 1.82) is 0 Å². The number of unbranched alkanes of at least 4 members (excludes halogenated alkanes) is 3. The van der Waals surface area contributed by atoms with E-state index >= 15 is 0 Å². The zero-order chi connectivity index (χ0) is 18.8. The summed E-state index contributed by atoms with van der Waals surface area (Å²) in [6.07, 6.45) is 9.66. The molecule has 0 spiro atoms. The number of hydrogen-bond donors (Lipinski definition) is 0. The molecule has 0 saturated carbocycles. The van der Waals surface area contributed by atoms with Crippen LogP contribution in [0.5, 0.6) is 0 Å². The number of benzene rings is 1. The summed E-state index contributed by atoms with van der Waals surface area (Å²) >= 11 is 6.36. The normalized spacial score (nSPS) is 10.9. The molecule has 0 aliphatic rings. The highest BCUT2D eigenvalue weighted by molar-refractivity contribution is 6.31. The number of aromatic nitrogens is 2. The van der Waals surface area contributed by atoms with E-state index in [2.05, 4.69) is 27.3 Å². The minimum absolute atomic E-state index is 0.129. The molecule has 0 saturated heterocycles. The van der Waals surface area contributed by atoms with Gasteiger partial charge in [-0.3, -0.25) is 4.79 Å².